The van der Waals surface area contributed by atoms with Crippen LogP contribution in [0.4, 0.5) is 0 Å². The van der Waals surface area contributed by atoms with E-state index in [0.29, 0.717) is 31.5 Å². The number of unbranched alkanes of at least 4 members (excludes halogenated alkanes) is 1. The number of hydrogen-bond donors (Lipinski definition) is 0. The molecule has 0 aromatic carbocycles. The Hall–Kier alpha value is 0.460. The quantitative estimate of drug-likeness (QED) is 0.315. The van der Waals surface area contributed by atoms with Gasteiger partial charge in [-0.05, 0) is 47.0 Å². The van der Waals surface area contributed by atoms with Crippen LogP contribution in [0.3, 0.4) is 0 Å². The molecule has 1 unspecified atom stereocenters. The molecule has 0 saturated carbocycles. The molecule has 0 aliphatic carbocycles. The Morgan fingerprint density at radius 2 is 1.48 bits per heavy atom. The Labute approximate surface area is 143 Å². The monoisotopic (exact) mass is 371 g/mol. The fraction of sp³-hybridized carbons (Fsp3) is 1.00. The topological polar surface area (TPSA) is 57.2 Å². The molecule has 0 heterocycles. The number of rotatable bonds is 14. The van der Waals surface area contributed by atoms with E-state index in [1.807, 2.05) is 0 Å². The van der Waals surface area contributed by atoms with Crippen molar-refractivity contribution in [2.24, 2.45) is 0 Å². The van der Waals surface area contributed by atoms with Crippen molar-refractivity contribution in [2.45, 2.75) is 66.0 Å². The Kier molecular flexibility index (Phi) is 13.0. The Morgan fingerprint density at radius 3 is 1.91 bits per heavy atom. The summed E-state index contributed by atoms with van der Waals surface area (Å²) in [5, 5.41) is 0. The third-order valence-corrected chi connectivity index (χ3v) is 7.32. The van der Waals surface area contributed by atoms with Crippen LogP contribution in [-0.4, -0.2) is 50.3 Å². The van der Waals surface area contributed by atoms with Crippen LogP contribution in [0.15, 0.2) is 0 Å². The molecule has 0 amide bonds. The summed E-state index contributed by atoms with van der Waals surface area (Å²) >= 11 is 0. The third kappa shape index (κ3) is 9.50. The molecule has 6 nitrogen and oxygen atoms in total. The van der Waals surface area contributed by atoms with Crippen LogP contribution in [-0.2, 0) is 22.7 Å². The largest absolute Gasteiger partial charge is 0.330 e. The van der Waals surface area contributed by atoms with Crippen molar-refractivity contribution in [1.82, 2.24) is 4.67 Å². The summed E-state index contributed by atoms with van der Waals surface area (Å²) in [6.45, 7) is 12.0. The molecular weight excluding hydrogens is 336 g/mol. The molecule has 0 aromatic rings. The average Bonchev–Trinajstić information content (AvgIpc) is 2.50. The van der Waals surface area contributed by atoms with Gasteiger partial charge in [-0.3, -0.25) is 4.57 Å². The van der Waals surface area contributed by atoms with Crippen molar-refractivity contribution < 1.29 is 22.7 Å². The summed E-state index contributed by atoms with van der Waals surface area (Å²) in [4.78, 5) is 0. The second-order valence-corrected chi connectivity index (χ2v) is 9.73. The van der Waals surface area contributed by atoms with Gasteiger partial charge in [-0.2, -0.15) is 0 Å². The van der Waals surface area contributed by atoms with Gasteiger partial charge in [0.1, 0.15) is 0 Å². The van der Waals surface area contributed by atoms with Crippen molar-refractivity contribution >= 4 is 16.1 Å². The van der Waals surface area contributed by atoms with Crippen LogP contribution in [0, 0.1) is 0 Å². The van der Waals surface area contributed by atoms with Crippen LogP contribution < -0.4 is 0 Å². The van der Waals surface area contributed by atoms with Crippen molar-refractivity contribution in [2.75, 3.05) is 33.6 Å². The lowest BCUT2D eigenvalue weighted by atomic mass is 10.3. The van der Waals surface area contributed by atoms with Gasteiger partial charge >= 0.3 is 7.60 Å². The Bertz CT molecular complexity index is 326. The lowest BCUT2D eigenvalue weighted by Gasteiger charge is -2.35. The van der Waals surface area contributed by atoms with Gasteiger partial charge in [-0.15, -0.1) is 0 Å². The first-order valence-electron chi connectivity index (χ1n) is 8.36. The lowest BCUT2D eigenvalue weighted by molar-refractivity contribution is 0.173. The summed E-state index contributed by atoms with van der Waals surface area (Å²) in [6.07, 6.45) is 2.92. The van der Waals surface area contributed by atoms with Gasteiger partial charge in [-0.25, -0.2) is 4.67 Å². The van der Waals surface area contributed by atoms with Crippen LogP contribution in [0.1, 0.15) is 53.9 Å². The second kappa shape index (κ2) is 12.8. The first-order chi connectivity index (χ1) is 10.8. The zero-order chi connectivity index (χ0) is 17.9. The minimum atomic E-state index is -2.90. The van der Waals surface area contributed by atoms with Gasteiger partial charge in [0, 0.05) is 26.3 Å². The highest BCUT2D eigenvalue weighted by Crippen LogP contribution is 2.48. The highest BCUT2D eigenvalue weighted by atomic mass is 31.2. The van der Waals surface area contributed by atoms with Crippen LogP contribution in [0.5, 0.6) is 0 Å². The van der Waals surface area contributed by atoms with Crippen molar-refractivity contribution in [1.29, 1.82) is 0 Å². The molecule has 0 aliphatic heterocycles. The van der Waals surface area contributed by atoms with E-state index < -0.39 is 16.1 Å². The van der Waals surface area contributed by atoms with Gasteiger partial charge in [-0.1, -0.05) is 6.92 Å². The Morgan fingerprint density at radius 1 is 0.957 bits per heavy atom. The molecule has 0 fully saturated rings. The van der Waals surface area contributed by atoms with Gasteiger partial charge in [0.15, 0.2) is 0 Å². The predicted octanol–water partition coefficient (Wildman–Crippen LogP) is 5.04. The molecule has 0 rings (SSSR count). The normalized spacial score (nSPS) is 14.2. The fourth-order valence-electron chi connectivity index (χ4n) is 2.12. The predicted molar refractivity (Wildman–Crippen MR) is 97.0 cm³/mol. The van der Waals surface area contributed by atoms with Crippen LogP contribution in [0.2, 0.25) is 0 Å². The van der Waals surface area contributed by atoms with Crippen molar-refractivity contribution in [3.8, 4) is 0 Å². The molecule has 0 saturated heterocycles. The fourth-order valence-corrected chi connectivity index (χ4v) is 4.97. The van der Waals surface area contributed by atoms with Gasteiger partial charge in [0.2, 0.25) is 0 Å². The molecule has 0 bridgehead atoms. The Balaban J connectivity index is 4.37. The van der Waals surface area contributed by atoms with Crippen molar-refractivity contribution in [3.63, 3.8) is 0 Å². The molecule has 1 atom stereocenters. The molecule has 8 heteroatoms. The van der Waals surface area contributed by atoms with Crippen LogP contribution in [0.25, 0.3) is 0 Å². The first kappa shape index (κ1) is 23.5. The zero-order valence-electron chi connectivity index (χ0n) is 15.8. The minimum Gasteiger partial charge on any atom is -0.322 e. The SMILES string of the molecule is CCCOP(OCCCCP(=O)(OC)OC)N(C(C)C)C(C)C. The number of hydrogen-bond acceptors (Lipinski definition) is 6. The van der Waals surface area contributed by atoms with Gasteiger partial charge < -0.3 is 18.1 Å². The van der Waals surface area contributed by atoms with E-state index in [2.05, 4.69) is 39.3 Å². The standard InChI is InChI=1S/C15H35NO5P2/c1-8-11-20-22(16(14(2)3)15(4)5)21-12-9-10-13-23(17,18-6)19-7/h14-15H,8-13H2,1-7H3. The van der Waals surface area contributed by atoms with E-state index in [1.54, 1.807) is 0 Å². The molecule has 0 N–H and O–H groups in total. The molecule has 140 valence electrons. The highest BCUT2D eigenvalue weighted by Gasteiger charge is 2.27. The molecule has 0 aromatic heterocycles. The smallest absolute Gasteiger partial charge is 0.322 e. The summed E-state index contributed by atoms with van der Waals surface area (Å²) in [5.41, 5.74) is 0. The average molecular weight is 371 g/mol. The minimum absolute atomic E-state index is 0.361. The third-order valence-electron chi connectivity index (χ3n) is 3.24. The van der Waals surface area contributed by atoms with Crippen molar-refractivity contribution in [3.05, 3.63) is 0 Å². The maximum Gasteiger partial charge on any atom is 0.330 e. The molecule has 23 heavy (non-hydrogen) atoms. The van der Waals surface area contributed by atoms with E-state index in [0.717, 1.165) is 19.3 Å². The van der Waals surface area contributed by atoms with E-state index in [1.165, 1.54) is 14.2 Å². The molecule has 0 spiro atoms. The second-order valence-electron chi connectivity index (χ2n) is 5.88. The number of nitrogens with zero attached hydrogens (tertiary/aromatic N) is 1. The van der Waals surface area contributed by atoms with E-state index in [4.69, 9.17) is 18.1 Å². The summed E-state index contributed by atoms with van der Waals surface area (Å²) in [7, 11) is -1.13. The van der Waals surface area contributed by atoms with E-state index in [-0.39, 0.29) is 0 Å². The first-order valence-corrected chi connectivity index (χ1v) is 11.2. The highest BCUT2D eigenvalue weighted by molar-refractivity contribution is 7.53. The van der Waals surface area contributed by atoms with Gasteiger partial charge in [0.25, 0.3) is 8.53 Å². The molecule has 0 aliphatic rings. The summed E-state index contributed by atoms with van der Waals surface area (Å²) < 4.78 is 36.0. The summed E-state index contributed by atoms with van der Waals surface area (Å²) in [6, 6.07) is 0.723. The summed E-state index contributed by atoms with van der Waals surface area (Å²) in [5.74, 6) is 0. The molecular formula is C15H35NO5P2. The van der Waals surface area contributed by atoms with E-state index >= 15 is 0 Å². The molecule has 0 radical (unpaired) electrons. The zero-order valence-corrected chi connectivity index (χ0v) is 17.6. The van der Waals surface area contributed by atoms with E-state index in [9.17, 15) is 4.57 Å². The van der Waals surface area contributed by atoms with Crippen LogP contribution >= 0.6 is 16.1 Å². The van der Waals surface area contributed by atoms with Gasteiger partial charge in [0.05, 0.1) is 19.4 Å². The lowest BCUT2D eigenvalue weighted by Crippen LogP contribution is -2.33. The maximum absolute atomic E-state index is 12.0. The maximum atomic E-state index is 12.0.